The highest BCUT2D eigenvalue weighted by Gasteiger charge is 2.19. The monoisotopic (exact) mass is 387 g/mol. The lowest BCUT2D eigenvalue weighted by Crippen LogP contribution is -2.35. The second kappa shape index (κ2) is 7.35. The van der Waals surface area contributed by atoms with Gasteiger partial charge in [0, 0.05) is 18.1 Å². The summed E-state index contributed by atoms with van der Waals surface area (Å²) in [5.41, 5.74) is 3.30. The first kappa shape index (κ1) is 18.6. The molecule has 2 aromatic carbocycles. The lowest BCUT2D eigenvalue weighted by Gasteiger charge is -2.17. The average Bonchev–Trinajstić information content (AvgIpc) is 3.18. The fourth-order valence-electron chi connectivity index (χ4n) is 3.34. The Bertz CT molecular complexity index is 1260. The van der Waals surface area contributed by atoms with Crippen molar-refractivity contribution < 1.29 is 4.79 Å². The molecule has 146 valence electrons. The van der Waals surface area contributed by atoms with E-state index in [1.54, 1.807) is 17.9 Å². The van der Waals surface area contributed by atoms with Gasteiger partial charge in [0.05, 0.1) is 17.6 Å². The van der Waals surface area contributed by atoms with Gasteiger partial charge in [-0.25, -0.2) is 9.36 Å². The molecule has 7 heteroatoms. The zero-order chi connectivity index (χ0) is 20.5. The molecule has 0 spiro atoms. The van der Waals surface area contributed by atoms with Gasteiger partial charge in [-0.2, -0.15) is 10.2 Å². The number of likely N-dealkylation sites (N-methyl/N-ethyl adjacent to an activating group) is 1. The Hall–Kier alpha value is -3.74. The summed E-state index contributed by atoms with van der Waals surface area (Å²) in [6.07, 6.45) is 1.65. The lowest BCUT2D eigenvalue weighted by atomic mass is 10.2. The Kier molecular flexibility index (Phi) is 4.72. The molecule has 0 unspecified atom stereocenters. The number of rotatable bonds is 4. The summed E-state index contributed by atoms with van der Waals surface area (Å²) < 4.78 is 2.85. The summed E-state index contributed by atoms with van der Waals surface area (Å²) in [5, 5.41) is 9.45. The van der Waals surface area contributed by atoms with E-state index in [0.29, 0.717) is 16.6 Å². The Balaban J connectivity index is 1.78. The van der Waals surface area contributed by atoms with E-state index in [4.69, 9.17) is 0 Å². The summed E-state index contributed by atoms with van der Waals surface area (Å²) in [6.45, 7) is 3.63. The van der Waals surface area contributed by atoms with Gasteiger partial charge in [-0.1, -0.05) is 36.4 Å². The number of aromatic nitrogens is 4. The van der Waals surface area contributed by atoms with E-state index in [-0.39, 0.29) is 18.0 Å². The molecule has 0 N–H and O–H groups in total. The van der Waals surface area contributed by atoms with E-state index < -0.39 is 0 Å². The van der Waals surface area contributed by atoms with E-state index in [1.165, 1.54) is 9.58 Å². The normalized spacial score (nSPS) is 11.0. The summed E-state index contributed by atoms with van der Waals surface area (Å²) in [7, 11) is 1.69. The van der Waals surface area contributed by atoms with Crippen LogP contribution in [0.15, 0.2) is 65.6 Å². The van der Waals surface area contributed by atoms with Crippen molar-refractivity contribution in [1.82, 2.24) is 19.6 Å². The second-order valence-corrected chi connectivity index (χ2v) is 6.94. The molecule has 0 saturated carbocycles. The van der Waals surface area contributed by atoms with E-state index in [0.717, 1.165) is 16.9 Å². The number of amides is 1. The summed E-state index contributed by atoms with van der Waals surface area (Å²) in [6, 6.07) is 17.0. The molecule has 4 rings (SSSR count). The molecule has 0 aliphatic rings. The van der Waals surface area contributed by atoms with Gasteiger partial charge in [-0.15, -0.1) is 0 Å². The Morgan fingerprint density at radius 1 is 1.03 bits per heavy atom. The minimum atomic E-state index is -0.346. The van der Waals surface area contributed by atoms with Crippen LogP contribution in [0.4, 0.5) is 5.69 Å². The molecule has 0 saturated heterocycles. The fourth-order valence-corrected chi connectivity index (χ4v) is 3.34. The van der Waals surface area contributed by atoms with Gasteiger partial charge in [0.15, 0.2) is 0 Å². The van der Waals surface area contributed by atoms with Gasteiger partial charge in [-0.05, 0) is 37.6 Å². The van der Waals surface area contributed by atoms with Gasteiger partial charge >= 0.3 is 0 Å². The molecule has 0 bridgehead atoms. The number of anilines is 1. The molecular weight excluding hydrogens is 366 g/mol. The van der Waals surface area contributed by atoms with Crippen LogP contribution in [-0.2, 0) is 11.3 Å². The van der Waals surface area contributed by atoms with E-state index in [1.807, 2.05) is 68.4 Å². The summed E-state index contributed by atoms with van der Waals surface area (Å²) >= 11 is 0. The number of para-hydroxylation sites is 2. The number of carbonyl (C=O) groups excluding carboxylic acids is 1. The first-order chi connectivity index (χ1) is 14.0. The van der Waals surface area contributed by atoms with Gasteiger partial charge in [0.1, 0.15) is 12.1 Å². The number of aryl methyl sites for hydroxylation is 2. The summed E-state index contributed by atoms with van der Waals surface area (Å²) in [4.78, 5) is 27.5. The van der Waals surface area contributed by atoms with Crippen LogP contribution in [0, 0.1) is 13.8 Å². The molecule has 4 aromatic rings. The molecule has 2 aromatic heterocycles. The van der Waals surface area contributed by atoms with Gasteiger partial charge < -0.3 is 4.90 Å². The Labute approximate surface area is 167 Å². The molecule has 7 nitrogen and oxygen atoms in total. The number of fused-ring (bicyclic) bond motifs is 1. The van der Waals surface area contributed by atoms with Crippen molar-refractivity contribution in [3.63, 3.8) is 0 Å². The van der Waals surface area contributed by atoms with Crippen molar-refractivity contribution in [3.8, 4) is 5.69 Å². The summed E-state index contributed by atoms with van der Waals surface area (Å²) in [5.74, 6) is -0.230. The maximum absolute atomic E-state index is 13.2. The zero-order valence-corrected chi connectivity index (χ0v) is 16.5. The standard InChI is InChI=1S/C22H21N5O2/c1-15-9-7-8-12-19(15)27-21-18(13-23-27)16(2)24-26(22(21)29)14-20(28)25(3)17-10-5-4-6-11-17/h4-13H,14H2,1-3H3. The topological polar surface area (TPSA) is 73.0 Å². The minimum Gasteiger partial charge on any atom is -0.314 e. The third kappa shape index (κ3) is 3.31. The van der Waals surface area contributed by atoms with Crippen molar-refractivity contribution >= 4 is 22.5 Å². The maximum atomic E-state index is 13.2. The smallest absolute Gasteiger partial charge is 0.293 e. The highest BCUT2D eigenvalue weighted by atomic mass is 16.2. The SMILES string of the molecule is Cc1ccccc1-n1ncc2c(C)nn(CC(=O)N(C)c3ccccc3)c(=O)c21. The van der Waals surface area contributed by atoms with Crippen LogP contribution in [0.3, 0.4) is 0 Å². The van der Waals surface area contributed by atoms with E-state index in [2.05, 4.69) is 10.2 Å². The van der Waals surface area contributed by atoms with Crippen molar-refractivity contribution in [3.05, 3.63) is 82.4 Å². The number of benzene rings is 2. The van der Waals surface area contributed by atoms with Gasteiger partial charge in [-0.3, -0.25) is 9.59 Å². The first-order valence-electron chi connectivity index (χ1n) is 9.30. The third-order valence-corrected chi connectivity index (χ3v) is 5.01. The molecule has 0 atom stereocenters. The van der Waals surface area contributed by atoms with Crippen LogP contribution >= 0.6 is 0 Å². The number of hydrogen-bond acceptors (Lipinski definition) is 4. The molecule has 0 aliphatic heterocycles. The van der Waals surface area contributed by atoms with E-state index in [9.17, 15) is 9.59 Å². The molecule has 2 heterocycles. The largest absolute Gasteiger partial charge is 0.314 e. The average molecular weight is 387 g/mol. The zero-order valence-electron chi connectivity index (χ0n) is 16.5. The quantitative estimate of drug-likeness (QED) is 0.540. The number of nitrogens with zero attached hydrogens (tertiary/aromatic N) is 5. The Morgan fingerprint density at radius 3 is 2.45 bits per heavy atom. The van der Waals surface area contributed by atoms with E-state index >= 15 is 0 Å². The number of carbonyl (C=O) groups is 1. The second-order valence-electron chi connectivity index (χ2n) is 6.94. The van der Waals surface area contributed by atoms with Crippen molar-refractivity contribution in [2.45, 2.75) is 20.4 Å². The lowest BCUT2D eigenvalue weighted by molar-refractivity contribution is -0.119. The molecular formula is C22H21N5O2. The van der Waals surface area contributed by atoms with Crippen LogP contribution in [-0.4, -0.2) is 32.5 Å². The number of hydrogen-bond donors (Lipinski definition) is 0. The third-order valence-electron chi connectivity index (χ3n) is 5.01. The Morgan fingerprint density at radius 2 is 1.72 bits per heavy atom. The van der Waals surface area contributed by atoms with Gasteiger partial charge in [0.2, 0.25) is 5.91 Å². The predicted molar refractivity (Wildman–Crippen MR) is 112 cm³/mol. The molecule has 0 radical (unpaired) electrons. The van der Waals surface area contributed by atoms with Crippen LogP contribution in [0.5, 0.6) is 0 Å². The fraction of sp³-hybridized carbons (Fsp3) is 0.182. The first-order valence-corrected chi connectivity index (χ1v) is 9.30. The van der Waals surface area contributed by atoms with Gasteiger partial charge in [0.25, 0.3) is 5.56 Å². The molecule has 1 amide bonds. The van der Waals surface area contributed by atoms with Crippen molar-refractivity contribution in [2.24, 2.45) is 0 Å². The minimum absolute atomic E-state index is 0.153. The molecule has 29 heavy (non-hydrogen) atoms. The molecule has 0 fully saturated rings. The maximum Gasteiger partial charge on any atom is 0.293 e. The molecule has 0 aliphatic carbocycles. The highest BCUT2D eigenvalue weighted by Crippen LogP contribution is 2.19. The van der Waals surface area contributed by atoms with Crippen LogP contribution in [0.2, 0.25) is 0 Å². The van der Waals surface area contributed by atoms with Crippen LogP contribution in [0.1, 0.15) is 11.3 Å². The predicted octanol–water partition coefficient (Wildman–Crippen LogP) is 2.86. The van der Waals surface area contributed by atoms with Crippen LogP contribution in [0.25, 0.3) is 16.6 Å². The highest BCUT2D eigenvalue weighted by molar-refractivity contribution is 5.92. The van der Waals surface area contributed by atoms with Crippen molar-refractivity contribution in [1.29, 1.82) is 0 Å². The van der Waals surface area contributed by atoms with Crippen LogP contribution < -0.4 is 10.5 Å². The van der Waals surface area contributed by atoms with Crippen molar-refractivity contribution in [2.75, 3.05) is 11.9 Å².